The number of hydrogen-bond donors (Lipinski definition) is 0. The third-order valence-corrected chi connectivity index (χ3v) is 3.55. The molecule has 3 heterocycles. The Kier molecular flexibility index (Phi) is 3.19. The summed E-state index contributed by atoms with van der Waals surface area (Å²) in [6.45, 7) is 2.09. The van der Waals surface area contributed by atoms with Crippen molar-refractivity contribution in [2.45, 2.75) is 19.3 Å². The number of halogens is 1. The molecule has 1 fully saturated rings. The van der Waals surface area contributed by atoms with Gasteiger partial charge >= 0.3 is 0 Å². The van der Waals surface area contributed by atoms with Crippen LogP contribution < -0.4 is 4.90 Å². The van der Waals surface area contributed by atoms with Gasteiger partial charge < -0.3 is 9.47 Å². The van der Waals surface area contributed by atoms with Crippen molar-refractivity contribution in [3.8, 4) is 5.69 Å². The quantitative estimate of drug-likeness (QED) is 0.781. The van der Waals surface area contributed by atoms with Gasteiger partial charge in [-0.1, -0.05) is 11.6 Å². The van der Waals surface area contributed by atoms with E-state index >= 15 is 0 Å². The van der Waals surface area contributed by atoms with Crippen LogP contribution in [0.2, 0.25) is 5.15 Å². The van der Waals surface area contributed by atoms with Crippen molar-refractivity contribution in [2.75, 3.05) is 18.0 Å². The Balaban J connectivity index is 2.05. The van der Waals surface area contributed by atoms with Crippen molar-refractivity contribution in [1.29, 1.82) is 0 Å². The maximum Gasteiger partial charge on any atom is 0.158 e. The van der Waals surface area contributed by atoms with E-state index in [0.29, 0.717) is 5.15 Å². The van der Waals surface area contributed by atoms with Gasteiger partial charge in [-0.3, -0.25) is 0 Å². The standard InChI is InChI=1S/C13H15ClN4/c14-12-11(17-6-4-5-7-17)13(16-10-15-12)18-8-2-1-3-9-18/h4-7,10H,1-3,8-9H2. The summed E-state index contributed by atoms with van der Waals surface area (Å²) in [7, 11) is 0. The number of aromatic nitrogens is 3. The predicted molar refractivity (Wildman–Crippen MR) is 72.4 cm³/mol. The summed E-state index contributed by atoms with van der Waals surface area (Å²) >= 11 is 6.24. The van der Waals surface area contributed by atoms with Gasteiger partial charge in [0.15, 0.2) is 11.0 Å². The van der Waals surface area contributed by atoms with Crippen molar-refractivity contribution in [3.63, 3.8) is 0 Å². The average molecular weight is 263 g/mol. The Morgan fingerprint density at radius 2 is 1.72 bits per heavy atom. The molecule has 5 heteroatoms. The third-order valence-electron chi connectivity index (χ3n) is 3.28. The molecule has 94 valence electrons. The maximum atomic E-state index is 6.24. The predicted octanol–water partition coefficient (Wildman–Crippen LogP) is 2.91. The molecular formula is C13H15ClN4. The summed E-state index contributed by atoms with van der Waals surface area (Å²) in [5.74, 6) is 0.936. The Bertz CT molecular complexity index is 518. The van der Waals surface area contributed by atoms with E-state index in [1.165, 1.54) is 19.3 Å². The smallest absolute Gasteiger partial charge is 0.158 e. The van der Waals surface area contributed by atoms with Gasteiger partial charge in [-0.05, 0) is 31.4 Å². The van der Waals surface area contributed by atoms with Crippen LogP contribution >= 0.6 is 11.6 Å². The number of piperidine rings is 1. The average Bonchev–Trinajstić information content (AvgIpc) is 2.93. The number of anilines is 1. The molecule has 0 aromatic carbocycles. The van der Waals surface area contributed by atoms with E-state index in [1.54, 1.807) is 6.33 Å². The highest BCUT2D eigenvalue weighted by Crippen LogP contribution is 2.29. The minimum absolute atomic E-state index is 0.502. The van der Waals surface area contributed by atoms with E-state index in [0.717, 1.165) is 24.6 Å². The first-order valence-electron chi connectivity index (χ1n) is 6.25. The molecule has 1 saturated heterocycles. The molecule has 0 saturated carbocycles. The fraction of sp³-hybridized carbons (Fsp3) is 0.385. The molecular weight excluding hydrogens is 248 g/mol. The van der Waals surface area contributed by atoms with Crippen LogP contribution in [0.5, 0.6) is 0 Å². The van der Waals surface area contributed by atoms with E-state index in [1.807, 2.05) is 29.1 Å². The van der Waals surface area contributed by atoms with Gasteiger partial charge in [0.25, 0.3) is 0 Å². The summed E-state index contributed by atoms with van der Waals surface area (Å²) in [6.07, 6.45) is 9.21. The molecule has 0 amide bonds. The van der Waals surface area contributed by atoms with Crippen LogP contribution in [0, 0.1) is 0 Å². The van der Waals surface area contributed by atoms with Crippen molar-refractivity contribution < 1.29 is 0 Å². The fourth-order valence-electron chi connectivity index (χ4n) is 2.39. The van der Waals surface area contributed by atoms with Gasteiger partial charge in [0, 0.05) is 25.5 Å². The van der Waals surface area contributed by atoms with Crippen molar-refractivity contribution in [3.05, 3.63) is 36.0 Å². The number of hydrogen-bond acceptors (Lipinski definition) is 3. The third kappa shape index (κ3) is 2.08. The maximum absolute atomic E-state index is 6.24. The summed E-state index contributed by atoms with van der Waals surface area (Å²) < 4.78 is 1.98. The molecule has 1 aliphatic rings. The highest BCUT2D eigenvalue weighted by Gasteiger charge is 2.19. The second kappa shape index (κ2) is 4.98. The first-order chi connectivity index (χ1) is 8.86. The zero-order valence-corrected chi connectivity index (χ0v) is 10.8. The largest absolute Gasteiger partial charge is 0.355 e. The second-order valence-electron chi connectivity index (χ2n) is 4.47. The minimum atomic E-state index is 0.502. The van der Waals surface area contributed by atoms with Gasteiger partial charge in [-0.25, -0.2) is 9.97 Å². The topological polar surface area (TPSA) is 34.0 Å². The molecule has 3 rings (SSSR count). The molecule has 4 nitrogen and oxygen atoms in total. The first-order valence-corrected chi connectivity index (χ1v) is 6.63. The van der Waals surface area contributed by atoms with Gasteiger partial charge in [-0.2, -0.15) is 0 Å². The van der Waals surface area contributed by atoms with E-state index in [2.05, 4.69) is 14.9 Å². The van der Waals surface area contributed by atoms with Crippen LogP contribution in [-0.2, 0) is 0 Å². The van der Waals surface area contributed by atoms with E-state index < -0.39 is 0 Å². The lowest BCUT2D eigenvalue weighted by Gasteiger charge is -2.29. The SMILES string of the molecule is Clc1ncnc(N2CCCCC2)c1-n1cccc1. The summed E-state index contributed by atoms with van der Waals surface area (Å²) in [4.78, 5) is 10.8. The highest BCUT2D eigenvalue weighted by atomic mass is 35.5. The lowest BCUT2D eigenvalue weighted by atomic mass is 10.1. The second-order valence-corrected chi connectivity index (χ2v) is 4.83. The fourth-order valence-corrected chi connectivity index (χ4v) is 2.62. The van der Waals surface area contributed by atoms with Crippen LogP contribution in [0.1, 0.15) is 19.3 Å². The normalized spacial score (nSPS) is 15.9. The summed E-state index contributed by atoms with van der Waals surface area (Å²) in [5, 5.41) is 0.502. The van der Waals surface area contributed by atoms with Gasteiger partial charge in [-0.15, -0.1) is 0 Å². The van der Waals surface area contributed by atoms with Crippen LogP contribution in [0.3, 0.4) is 0 Å². The molecule has 2 aromatic rings. The molecule has 0 bridgehead atoms. The molecule has 0 radical (unpaired) electrons. The van der Waals surface area contributed by atoms with Gasteiger partial charge in [0.2, 0.25) is 0 Å². The number of nitrogens with zero attached hydrogens (tertiary/aromatic N) is 4. The molecule has 0 spiro atoms. The van der Waals surface area contributed by atoms with Crippen LogP contribution in [0.15, 0.2) is 30.9 Å². The summed E-state index contributed by atoms with van der Waals surface area (Å²) in [5.41, 5.74) is 0.881. The van der Waals surface area contributed by atoms with Crippen molar-refractivity contribution >= 4 is 17.4 Å². The Morgan fingerprint density at radius 1 is 1.00 bits per heavy atom. The summed E-state index contributed by atoms with van der Waals surface area (Å²) in [6, 6.07) is 3.95. The first kappa shape index (κ1) is 11.5. The zero-order valence-electron chi connectivity index (χ0n) is 10.1. The molecule has 2 aromatic heterocycles. The van der Waals surface area contributed by atoms with Crippen LogP contribution in [-0.4, -0.2) is 27.6 Å². The monoisotopic (exact) mass is 262 g/mol. The lowest BCUT2D eigenvalue weighted by molar-refractivity contribution is 0.572. The molecule has 0 N–H and O–H groups in total. The molecule has 1 aliphatic heterocycles. The Hall–Kier alpha value is -1.55. The van der Waals surface area contributed by atoms with E-state index in [-0.39, 0.29) is 0 Å². The van der Waals surface area contributed by atoms with Crippen LogP contribution in [0.25, 0.3) is 5.69 Å². The van der Waals surface area contributed by atoms with Crippen molar-refractivity contribution in [2.24, 2.45) is 0 Å². The van der Waals surface area contributed by atoms with Gasteiger partial charge in [0.05, 0.1) is 0 Å². The molecule has 0 unspecified atom stereocenters. The highest BCUT2D eigenvalue weighted by molar-refractivity contribution is 6.31. The van der Waals surface area contributed by atoms with Crippen LogP contribution in [0.4, 0.5) is 5.82 Å². The van der Waals surface area contributed by atoms with Gasteiger partial charge in [0.1, 0.15) is 12.0 Å². The zero-order chi connectivity index (χ0) is 12.4. The lowest BCUT2D eigenvalue weighted by Crippen LogP contribution is -2.31. The number of rotatable bonds is 2. The molecule has 18 heavy (non-hydrogen) atoms. The van der Waals surface area contributed by atoms with E-state index in [9.17, 15) is 0 Å². The van der Waals surface area contributed by atoms with E-state index in [4.69, 9.17) is 11.6 Å². The van der Waals surface area contributed by atoms with Crippen molar-refractivity contribution in [1.82, 2.24) is 14.5 Å². The Morgan fingerprint density at radius 3 is 2.44 bits per heavy atom. The molecule has 0 aliphatic carbocycles. The minimum Gasteiger partial charge on any atom is -0.355 e. The Labute approximate surface area is 111 Å². The molecule has 0 atom stereocenters.